The van der Waals surface area contributed by atoms with Crippen molar-refractivity contribution in [3.8, 4) is 0 Å². The Bertz CT molecular complexity index is 667. The molecule has 0 aliphatic carbocycles. The molecule has 0 unspecified atom stereocenters. The van der Waals surface area contributed by atoms with Crippen molar-refractivity contribution in [3.05, 3.63) is 59.2 Å². The fourth-order valence-electron chi connectivity index (χ4n) is 2.67. The Labute approximate surface area is 118 Å². The van der Waals surface area contributed by atoms with E-state index >= 15 is 0 Å². The smallest absolute Gasteiger partial charge is 0.250 e. The van der Waals surface area contributed by atoms with Crippen LogP contribution in [0.3, 0.4) is 0 Å². The molecule has 1 aliphatic heterocycles. The first-order valence-electron chi connectivity index (χ1n) is 6.66. The molecule has 0 radical (unpaired) electrons. The van der Waals surface area contributed by atoms with Crippen LogP contribution < -0.4 is 16.4 Å². The van der Waals surface area contributed by atoms with Crippen molar-refractivity contribution in [2.75, 3.05) is 17.2 Å². The van der Waals surface area contributed by atoms with Crippen molar-refractivity contribution >= 4 is 17.3 Å². The summed E-state index contributed by atoms with van der Waals surface area (Å²) in [5, 5.41) is 0. The van der Waals surface area contributed by atoms with Gasteiger partial charge in [0.1, 0.15) is 0 Å². The van der Waals surface area contributed by atoms with Crippen LogP contribution in [-0.4, -0.2) is 12.5 Å². The number of hydrogen-bond donors (Lipinski definition) is 2. The number of fused-ring (bicyclic) bond motifs is 1. The van der Waals surface area contributed by atoms with Crippen LogP contribution in [0, 0.1) is 0 Å². The summed E-state index contributed by atoms with van der Waals surface area (Å²) in [7, 11) is 0. The van der Waals surface area contributed by atoms with Gasteiger partial charge in [0.05, 0.1) is 5.56 Å². The lowest BCUT2D eigenvalue weighted by molar-refractivity contribution is 0.100. The van der Waals surface area contributed by atoms with Crippen LogP contribution in [0.5, 0.6) is 0 Å². The second kappa shape index (κ2) is 4.89. The molecule has 4 N–H and O–H groups in total. The Morgan fingerprint density at radius 3 is 2.60 bits per heavy atom. The number of nitrogens with two attached hydrogens (primary N) is 2. The molecule has 1 aliphatic rings. The van der Waals surface area contributed by atoms with E-state index in [1.807, 2.05) is 6.07 Å². The third-order valence-electron chi connectivity index (χ3n) is 3.80. The Morgan fingerprint density at radius 1 is 1.10 bits per heavy atom. The van der Waals surface area contributed by atoms with E-state index in [1.54, 1.807) is 12.1 Å². The molecule has 0 atom stereocenters. The summed E-state index contributed by atoms with van der Waals surface area (Å²) in [6, 6.07) is 13.9. The van der Waals surface area contributed by atoms with Crippen molar-refractivity contribution in [2.24, 2.45) is 5.73 Å². The number of nitrogen functional groups attached to an aromatic ring is 1. The molecule has 4 heteroatoms. The average Bonchev–Trinajstić information content (AvgIpc) is 2.47. The zero-order valence-electron chi connectivity index (χ0n) is 11.2. The lowest BCUT2D eigenvalue weighted by atomic mass is 9.99. The second-order valence-corrected chi connectivity index (χ2v) is 5.08. The van der Waals surface area contributed by atoms with Gasteiger partial charge < -0.3 is 16.4 Å². The molecule has 0 spiro atoms. The number of amides is 1. The lowest BCUT2D eigenvalue weighted by Crippen LogP contribution is -2.30. The molecule has 4 nitrogen and oxygen atoms in total. The monoisotopic (exact) mass is 267 g/mol. The van der Waals surface area contributed by atoms with Crippen molar-refractivity contribution in [2.45, 2.75) is 13.0 Å². The van der Waals surface area contributed by atoms with E-state index in [0.29, 0.717) is 11.3 Å². The number of rotatable bonds is 2. The first-order valence-corrected chi connectivity index (χ1v) is 6.66. The minimum absolute atomic E-state index is 0.390. The largest absolute Gasteiger partial charge is 0.398 e. The molecule has 0 fully saturated rings. The number of hydrogen-bond acceptors (Lipinski definition) is 3. The highest BCUT2D eigenvalue weighted by atomic mass is 16.1. The van der Waals surface area contributed by atoms with E-state index in [0.717, 1.165) is 25.2 Å². The van der Waals surface area contributed by atoms with E-state index in [2.05, 4.69) is 29.2 Å². The van der Waals surface area contributed by atoms with Gasteiger partial charge in [0, 0.05) is 24.5 Å². The van der Waals surface area contributed by atoms with Crippen LogP contribution in [-0.2, 0) is 13.0 Å². The number of benzene rings is 2. The maximum Gasteiger partial charge on any atom is 0.250 e. The molecule has 1 heterocycles. The summed E-state index contributed by atoms with van der Waals surface area (Å²) in [6.07, 6.45) is 1.01. The van der Waals surface area contributed by atoms with Gasteiger partial charge in [0.2, 0.25) is 0 Å². The van der Waals surface area contributed by atoms with Gasteiger partial charge in [-0.2, -0.15) is 0 Å². The van der Waals surface area contributed by atoms with Gasteiger partial charge in [-0.1, -0.05) is 24.3 Å². The molecule has 0 bridgehead atoms. The molecule has 0 saturated carbocycles. The van der Waals surface area contributed by atoms with E-state index in [1.165, 1.54) is 11.1 Å². The molecular formula is C16H17N3O. The lowest BCUT2D eigenvalue weighted by Gasteiger charge is -2.31. The Hall–Kier alpha value is -2.49. The number of primary amides is 1. The van der Waals surface area contributed by atoms with E-state index < -0.39 is 5.91 Å². The minimum Gasteiger partial charge on any atom is -0.398 e. The van der Waals surface area contributed by atoms with Crippen LogP contribution >= 0.6 is 0 Å². The van der Waals surface area contributed by atoms with Crippen LogP contribution in [0.15, 0.2) is 42.5 Å². The summed E-state index contributed by atoms with van der Waals surface area (Å²) in [6.45, 7) is 1.78. The Morgan fingerprint density at radius 2 is 1.85 bits per heavy atom. The first kappa shape index (κ1) is 12.5. The minimum atomic E-state index is -0.484. The Kier molecular flexibility index (Phi) is 3.06. The zero-order valence-corrected chi connectivity index (χ0v) is 11.2. The molecule has 3 rings (SSSR count). The predicted molar refractivity (Wildman–Crippen MR) is 80.6 cm³/mol. The average molecular weight is 267 g/mol. The summed E-state index contributed by atoms with van der Waals surface area (Å²) in [4.78, 5) is 13.6. The third-order valence-corrected chi connectivity index (χ3v) is 3.80. The quantitative estimate of drug-likeness (QED) is 0.817. The van der Waals surface area contributed by atoms with Crippen LogP contribution in [0.1, 0.15) is 21.5 Å². The van der Waals surface area contributed by atoms with Gasteiger partial charge in [-0.25, -0.2) is 0 Å². The van der Waals surface area contributed by atoms with Gasteiger partial charge in [0.25, 0.3) is 5.91 Å². The molecular weight excluding hydrogens is 250 g/mol. The topological polar surface area (TPSA) is 72.4 Å². The summed E-state index contributed by atoms with van der Waals surface area (Å²) in [5.74, 6) is -0.484. The number of carbonyl (C=O) groups excluding carboxylic acids is 1. The predicted octanol–water partition coefficient (Wildman–Crippen LogP) is 1.93. The molecule has 0 aromatic heterocycles. The van der Waals surface area contributed by atoms with Crippen LogP contribution in [0.2, 0.25) is 0 Å². The fraction of sp³-hybridized carbons (Fsp3) is 0.188. The van der Waals surface area contributed by atoms with Crippen LogP contribution in [0.25, 0.3) is 0 Å². The summed E-state index contributed by atoms with van der Waals surface area (Å²) >= 11 is 0. The zero-order chi connectivity index (χ0) is 14.1. The normalized spacial score (nSPS) is 13.9. The molecule has 20 heavy (non-hydrogen) atoms. The molecule has 0 saturated heterocycles. The highest BCUT2D eigenvalue weighted by Gasteiger charge is 2.17. The van der Waals surface area contributed by atoms with Crippen molar-refractivity contribution < 1.29 is 4.79 Å². The summed E-state index contributed by atoms with van der Waals surface area (Å²) in [5.41, 5.74) is 15.7. The van der Waals surface area contributed by atoms with Gasteiger partial charge in [0.15, 0.2) is 0 Å². The van der Waals surface area contributed by atoms with Crippen molar-refractivity contribution in [1.82, 2.24) is 0 Å². The SMILES string of the molecule is NC(=O)c1cc(N2CCc3ccccc3C2)ccc1N. The van der Waals surface area contributed by atoms with Gasteiger partial charge in [-0.15, -0.1) is 0 Å². The first-order chi connectivity index (χ1) is 9.65. The number of nitrogens with zero attached hydrogens (tertiary/aromatic N) is 1. The van der Waals surface area contributed by atoms with Crippen molar-refractivity contribution in [3.63, 3.8) is 0 Å². The molecule has 2 aromatic rings. The Balaban J connectivity index is 1.92. The van der Waals surface area contributed by atoms with E-state index in [-0.39, 0.29) is 0 Å². The highest BCUT2D eigenvalue weighted by molar-refractivity contribution is 5.99. The number of anilines is 2. The van der Waals surface area contributed by atoms with E-state index in [4.69, 9.17) is 11.5 Å². The fourth-order valence-corrected chi connectivity index (χ4v) is 2.67. The standard InChI is InChI=1S/C16H17N3O/c17-15-6-5-13(9-14(15)16(18)20)19-8-7-11-3-1-2-4-12(11)10-19/h1-6,9H,7-8,10,17H2,(H2,18,20). The second-order valence-electron chi connectivity index (χ2n) is 5.08. The maximum absolute atomic E-state index is 11.4. The number of carbonyl (C=O) groups is 1. The molecule has 1 amide bonds. The molecule has 2 aromatic carbocycles. The highest BCUT2D eigenvalue weighted by Crippen LogP contribution is 2.26. The maximum atomic E-state index is 11.4. The van der Waals surface area contributed by atoms with E-state index in [9.17, 15) is 4.79 Å². The third kappa shape index (κ3) is 2.20. The van der Waals surface area contributed by atoms with Gasteiger partial charge >= 0.3 is 0 Å². The van der Waals surface area contributed by atoms with Crippen molar-refractivity contribution in [1.29, 1.82) is 0 Å². The van der Waals surface area contributed by atoms with Gasteiger partial charge in [-0.3, -0.25) is 4.79 Å². The van der Waals surface area contributed by atoms with Gasteiger partial charge in [-0.05, 0) is 35.7 Å². The molecule has 102 valence electrons. The van der Waals surface area contributed by atoms with Crippen LogP contribution in [0.4, 0.5) is 11.4 Å². The summed E-state index contributed by atoms with van der Waals surface area (Å²) < 4.78 is 0.